The zero-order valence-corrected chi connectivity index (χ0v) is 11.7. The number of rotatable bonds is 2. The molecule has 0 heterocycles. The van der Waals surface area contributed by atoms with Gasteiger partial charge in [-0.1, -0.05) is 73.4 Å². The molecule has 2 aromatic rings. The zero-order valence-electron chi connectivity index (χ0n) is 11.7. The van der Waals surface area contributed by atoms with Crippen LogP contribution in [0.2, 0.25) is 0 Å². The summed E-state index contributed by atoms with van der Waals surface area (Å²) in [7, 11) is 0. The van der Waals surface area contributed by atoms with E-state index < -0.39 is 0 Å². The van der Waals surface area contributed by atoms with Crippen LogP contribution in [-0.2, 0) is 0 Å². The molecule has 0 aliphatic heterocycles. The minimum atomic E-state index is 0.788. The van der Waals surface area contributed by atoms with Gasteiger partial charge in [-0.2, -0.15) is 0 Å². The predicted octanol–water partition coefficient (Wildman–Crippen LogP) is 5.71. The quantitative estimate of drug-likeness (QED) is 0.640. The van der Waals surface area contributed by atoms with E-state index in [4.69, 9.17) is 0 Å². The van der Waals surface area contributed by atoms with E-state index >= 15 is 0 Å². The average molecular weight is 250 g/mol. The van der Waals surface area contributed by atoms with Crippen LogP contribution in [0, 0.1) is 6.92 Å². The van der Waals surface area contributed by atoms with Gasteiger partial charge in [-0.3, -0.25) is 0 Å². The van der Waals surface area contributed by atoms with Crippen molar-refractivity contribution < 1.29 is 0 Å². The number of aryl methyl sites for hydroxylation is 1. The van der Waals surface area contributed by atoms with Crippen molar-refractivity contribution in [2.45, 2.75) is 44.9 Å². The fourth-order valence-corrected chi connectivity index (χ4v) is 3.28. The summed E-state index contributed by atoms with van der Waals surface area (Å²) >= 11 is 0. The third-order valence-corrected chi connectivity index (χ3v) is 4.28. The highest BCUT2D eigenvalue weighted by Crippen LogP contribution is 2.35. The Morgan fingerprint density at radius 3 is 2.26 bits per heavy atom. The van der Waals surface area contributed by atoms with Crippen molar-refractivity contribution in [3.63, 3.8) is 0 Å². The first kappa shape index (κ1) is 12.5. The Kier molecular flexibility index (Phi) is 3.68. The van der Waals surface area contributed by atoms with Crippen molar-refractivity contribution >= 4 is 0 Å². The lowest BCUT2D eigenvalue weighted by Crippen LogP contribution is -2.04. The van der Waals surface area contributed by atoms with Gasteiger partial charge in [-0.25, -0.2) is 0 Å². The van der Waals surface area contributed by atoms with Gasteiger partial charge < -0.3 is 0 Å². The fraction of sp³-hybridized carbons (Fsp3) is 0.368. The summed E-state index contributed by atoms with van der Waals surface area (Å²) in [4.78, 5) is 0. The van der Waals surface area contributed by atoms with Crippen LogP contribution in [0.25, 0.3) is 11.1 Å². The van der Waals surface area contributed by atoms with Gasteiger partial charge in [-0.15, -0.1) is 0 Å². The van der Waals surface area contributed by atoms with Crippen molar-refractivity contribution in [2.24, 2.45) is 0 Å². The van der Waals surface area contributed by atoms with Crippen molar-refractivity contribution in [3.05, 3.63) is 59.7 Å². The van der Waals surface area contributed by atoms with Crippen molar-refractivity contribution in [1.82, 2.24) is 0 Å². The highest BCUT2D eigenvalue weighted by molar-refractivity contribution is 5.65. The minimum Gasteiger partial charge on any atom is -0.0622 e. The monoisotopic (exact) mass is 250 g/mol. The van der Waals surface area contributed by atoms with Gasteiger partial charge >= 0.3 is 0 Å². The van der Waals surface area contributed by atoms with Crippen molar-refractivity contribution in [1.29, 1.82) is 0 Å². The Hall–Kier alpha value is -1.56. The standard InChI is InChI=1S/C19H22/c1-15-12-18(16-8-4-2-5-9-16)14-19(13-15)17-10-6-3-7-11-17/h2,4-5,8-9,12-14,17H,3,6-7,10-11H2,1H3. The Balaban J connectivity index is 1.96. The van der Waals surface area contributed by atoms with E-state index in [9.17, 15) is 0 Å². The van der Waals surface area contributed by atoms with Crippen LogP contribution in [0.1, 0.15) is 49.1 Å². The van der Waals surface area contributed by atoms with Crippen LogP contribution in [0.5, 0.6) is 0 Å². The maximum Gasteiger partial charge on any atom is -0.0162 e. The van der Waals surface area contributed by atoms with Gasteiger partial charge in [0.15, 0.2) is 0 Å². The van der Waals surface area contributed by atoms with Gasteiger partial charge in [0.25, 0.3) is 0 Å². The lowest BCUT2D eigenvalue weighted by atomic mass is 9.82. The first-order chi connectivity index (χ1) is 9.33. The van der Waals surface area contributed by atoms with Crippen LogP contribution < -0.4 is 0 Å². The second kappa shape index (κ2) is 5.61. The van der Waals surface area contributed by atoms with Crippen molar-refractivity contribution in [3.8, 4) is 11.1 Å². The molecule has 0 unspecified atom stereocenters. The smallest absolute Gasteiger partial charge is 0.0162 e. The zero-order chi connectivity index (χ0) is 13.1. The van der Waals surface area contributed by atoms with E-state index in [1.165, 1.54) is 48.8 Å². The summed E-state index contributed by atoms with van der Waals surface area (Å²) in [6.45, 7) is 2.22. The van der Waals surface area contributed by atoms with E-state index in [0.717, 1.165) is 5.92 Å². The Labute approximate surface area is 116 Å². The Morgan fingerprint density at radius 2 is 1.53 bits per heavy atom. The Morgan fingerprint density at radius 1 is 0.789 bits per heavy atom. The van der Waals surface area contributed by atoms with Gasteiger partial charge in [0.05, 0.1) is 0 Å². The van der Waals surface area contributed by atoms with Gasteiger partial charge in [0, 0.05) is 0 Å². The fourth-order valence-electron chi connectivity index (χ4n) is 3.28. The molecule has 19 heavy (non-hydrogen) atoms. The second-order valence-corrected chi connectivity index (χ2v) is 5.83. The van der Waals surface area contributed by atoms with Gasteiger partial charge in [0.2, 0.25) is 0 Å². The first-order valence-electron chi connectivity index (χ1n) is 7.50. The third-order valence-electron chi connectivity index (χ3n) is 4.28. The molecule has 0 heteroatoms. The van der Waals surface area contributed by atoms with Crippen LogP contribution in [0.4, 0.5) is 0 Å². The van der Waals surface area contributed by atoms with Crippen LogP contribution in [0.15, 0.2) is 48.5 Å². The Bertz CT molecular complexity index is 533. The molecule has 3 rings (SSSR count). The highest BCUT2D eigenvalue weighted by atomic mass is 14.2. The molecule has 0 atom stereocenters. The normalized spacial score (nSPS) is 16.5. The minimum absolute atomic E-state index is 0.788. The molecule has 0 bridgehead atoms. The average Bonchev–Trinajstić information content (AvgIpc) is 2.48. The first-order valence-corrected chi connectivity index (χ1v) is 7.50. The summed E-state index contributed by atoms with van der Waals surface area (Å²) < 4.78 is 0. The molecular weight excluding hydrogens is 228 g/mol. The van der Waals surface area contributed by atoms with E-state index in [1.54, 1.807) is 5.56 Å². The lowest BCUT2D eigenvalue weighted by molar-refractivity contribution is 0.443. The van der Waals surface area contributed by atoms with Gasteiger partial charge in [0.1, 0.15) is 0 Å². The third kappa shape index (κ3) is 2.89. The molecule has 1 aliphatic carbocycles. The van der Waals surface area contributed by atoms with Crippen molar-refractivity contribution in [2.75, 3.05) is 0 Å². The summed E-state index contributed by atoms with van der Waals surface area (Å²) in [5, 5.41) is 0. The maximum atomic E-state index is 2.42. The molecular formula is C19H22. The number of hydrogen-bond donors (Lipinski definition) is 0. The second-order valence-electron chi connectivity index (χ2n) is 5.83. The van der Waals surface area contributed by atoms with Gasteiger partial charge in [-0.05, 0) is 42.4 Å². The molecule has 0 spiro atoms. The molecule has 0 N–H and O–H groups in total. The molecule has 1 aliphatic rings. The van der Waals surface area contributed by atoms with E-state index in [-0.39, 0.29) is 0 Å². The maximum absolute atomic E-state index is 2.42. The molecule has 1 saturated carbocycles. The van der Waals surface area contributed by atoms with E-state index in [1.807, 2.05) is 0 Å². The molecule has 0 radical (unpaired) electrons. The van der Waals surface area contributed by atoms with Crippen LogP contribution in [0.3, 0.4) is 0 Å². The lowest BCUT2D eigenvalue weighted by Gasteiger charge is -2.23. The summed E-state index contributed by atoms with van der Waals surface area (Å²) in [5.41, 5.74) is 5.66. The molecule has 2 aromatic carbocycles. The predicted molar refractivity (Wildman–Crippen MR) is 82.4 cm³/mol. The summed E-state index contributed by atoms with van der Waals surface area (Å²) in [5.74, 6) is 0.788. The van der Waals surface area contributed by atoms with E-state index in [0.29, 0.717) is 0 Å². The summed E-state index contributed by atoms with van der Waals surface area (Å²) in [6.07, 6.45) is 6.97. The summed E-state index contributed by atoms with van der Waals surface area (Å²) in [6, 6.07) is 17.9. The highest BCUT2D eigenvalue weighted by Gasteiger charge is 2.16. The molecule has 0 saturated heterocycles. The SMILES string of the molecule is Cc1cc(-c2ccccc2)cc(C2CCCCC2)c1. The molecule has 0 amide bonds. The van der Waals surface area contributed by atoms with E-state index in [2.05, 4.69) is 55.5 Å². The van der Waals surface area contributed by atoms with Crippen LogP contribution >= 0.6 is 0 Å². The molecule has 0 aromatic heterocycles. The number of hydrogen-bond acceptors (Lipinski definition) is 0. The topological polar surface area (TPSA) is 0 Å². The molecule has 0 nitrogen and oxygen atoms in total. The largest absolute Gasteiger partial charge is 0.0622 e. The van der Waals surface area contributed by atoms with Crippen LogP contribution in [-0.4, -0.2) is 0 Å². The number of benzene rings is 2. The molecule has 1 fully saturated rings. The molecule has 98 valence electrons.